The van der Waals surface area contributed by atoms with Gasteiger partial charge in [0.05, 0.1) is 18.0 Å². The van der Waals surface area contributed by atoms with Gasteiger partial charge in [0.1, 0.15) is 17.8 Å². The van der Waals surface area contributed by atoms with Crippen LogP contribution in [-0.4, -0.2) is 70.6 Å². The summed E-state index contributed by atoms with van der Waals surface area (Å²) in [6, 6.07) is 32.3. The molecule has 4 aromatic heterocycles. The fraction of sp³-hybridized carbons (Fsp3) is 0.273. The van der Waals surface area contributed by atoms with Crippen LogP contribution >= 0.6 is 23.2 Å². The Morgan fingerprint density at radius 2 is 1.18 bits per heavy atom. The van der Waals surface area contributed by atoms with Gasteiger partial charge in [0.15, 0.2) is 10.3 Å². The Hall–Kier alpha value is -6.06. The van der Waals surface area contributed by atoms with Crippen molar-refractivity contribution >= 4 is 23.2 Å². The summed E-state index contributed by atoms with van der Waals surface area (Å²) >= 11 is 13.8. The number of aliphatic hydroxyl groups excluding tert-OH is 2. The molecule has 2 atom stereocenters. The van der Waals surface area contributed by atoms with E-state index in [0.717, 1.165) is 69.6 Å². The Morgan fingerprint density at radius 3 is 1.67 bits per heavy atom. The van der Waals surface area contributed by atoms with E-state index >= 15 is 0 Å². The molecule has 0 saturated carbocycles. The number of tetrazole rings is 2. The van der Waals surface area contributed by atoms with E-state index in [2.05, 4.69) is 83.9 Å². The number of hydrogen-bond donors (Lipinski definition) is 4. The van der Waals surface area contributed by atoms with E-state index in [9.17, 15) is 10.2 Å². The number of nitrogens with one attached hydrogen (secondary N) is 2. The minimum absolute atomic E-state index is 0.190. The highest BCUT2D eigenvalue weighted by atomic mass is 35.5. The number of aromatic nitrogens is 12. The van der Waals surface area contributed by atoms with Gasteiger partial charge < -0.3 is 19.3 Å². The maximum atomic E-state index is 12.5. The summed E-state index contributed by atoms with van der Waals surface area (Å²) in [7, 11) is 0. The Balaban J connectivity index is 1.11. The second-order valence-electron chi connectivity index (χ2n) is 14.6. The molecule has 306 valence electrons. The fourth-order valence-electron chi connectivity index (χ4n) is 7.84. The van der Waals surface area contributed by atoms with E-state index in [1.165, 1.54) is 0 Å². The van der Waals surface area contributed by atoms with Crippen molar-refractivity contribution in [2.45, 2.75) is 77.7 Å². The van der Waals surface area contributed by atoms with Crippen LogP contribution in [0.2, 0.25) is 10.3 Å². The first kappa shape index (κ1) is 40.7. The average Bonchev–Trinajstić information content (AvgIpc) is 4.11. The second-order valence-corrected chi connectivity index (χ2v) is 15.4. The average molecular weight is 844 g/mol. The highest BCUT2D eigenvalue weighted by Gasteiger charge is 2.34. The largest absolute Gasteiger partial charge is 0.390 e. The summed E-state index contributed by atoms with van der Waals surface area (Å²) in [5.41, 5.74) is 8.62. The van der Waals surface area contributed by atoms with Crippen LogP contribution in [0.15, 0.2) is 97.1 Å². The van der Waals surface area contributed by atoms with Crippen molar-refractivity contribution in [1.29, 1.82) is 0 Å². The minimum Gasteiger partial charge on any atom is -0.390 e. The number of rotatable bonds is 17. The lowest BCUT2D eigenvalue weighted by Crippen LogP contribution is -2.21. The van der Waals surface area contributed by atoms with Crippen LogP contribution in [0.4, 0.5) is 0 Å². The van der Waals surface area contributed by atoms with Gasteiger partial charge in [-0.2, -0.15) is 10.4 Å². The maximum absolute atomic E-state index is 12.5. The molecule has 0 radical (unpaired) electrons. The molecule has 0 aliphatic carbocycles. The van der Waals surface area contributed by atoms with Gasteiger partial charge in [-0.15, -0.1) is 20.4 Å². The Morgan fingerprint density at radius 1 is 0.650 bits per heavy atom. The highest BCUT2D eigenvalue weighted by molar-refractivity contribution is 6.30. The van der Waals surface area contributed by atoms with Gasteiger partial charge in [-0.05, 0) is 56.6 Å². The molecule has 0 amide bonds. The number of aryl methyl sites for hydroxylation is 1. The quantitative estimate of drug-likeness (QED) is 0.0692. The molecule has 4 aromatic carbocycles. The molecule has 0 aliphatic rings. The Labute approximate surface area is 356 Å². The van der Waals surface area contributed by atoms with E-state index < -0.39 is 12.0 Å². The summed E-state index contributed by atoms with van der Waals surface area (Å²) in [5.74, 6) is 1.88. The van der Waals surface area contributed by atoms with Gasteiger partial charge in [-0.3, -0.25) is 0 Å². The van der Waals surface area contributed by atoms with E-state index in [1.807, 2.05) is 77.4 Å². The summed E-state index contributed by atoms with van der Waals surface area (Å²) < 4.78 is 3.98. The first-order valence-electron chi connectivity index (χ1n) is 20.0. The lowest BCUT2D eigenvalue weighted by molar-refractivity contribution is 0.125. The van der Waals surface area contributed by atoms with Crippen LogP contribution in [0.5, 0.6) is 0 Å². The summed E-state index contributed by atoms with van der Waals surface area (Å²) in [5, 5.41) is 52.9. The molecule has 4 heterocycles. The van der Waals surface area contributed by atoms with E-state index in [0.29, 0.717) is 54.8 Å². The smallest absolute Gasteiger partial charge is 0.205 e. The molecule has 4 N–H and O–H groups in total. The second kappa shape index (κ2) is 18.5. The normalized spacial score (nSPS) is 12.6. The van der Waals surface area contributed by atoms with Crippen molar-refractivity contribution < 1.29 is 10.2 Å². The standard InChI is InChI=1S/C44H44Cl2N12O2/c1-3-5-15-37-47-41(46)38(58(37)25-28-18-22-30(23-19-28)32-12-7-9-14-34(32)43-51-55-56-52-43)39(60)35(10-4-2)44-48-40(45)36(26-59)57(44)24-27-16-20-29(21-17-27)31-11-6-8-13-33(31)42-49-53-54-50-42/h6-9,11-14,16-23,35,39,59-60H,3-5,10,15,24-26H2,1-2H3,(H,49,50,53,54)(H,51,52,55,56)/t35-,39+/m1/s1. The number of unbranched alkanes of at least 4 members (excludes halogenated alkanes) is 1. The van der Waals surface area contributed by atoms with Crippen LogP contribution in [0.1, 0.15) is 85.7 Å². The lowest BCUT2D eigenvalue weighted by atomic mass is 9.93. The number of imidazole rings is 2. The topological polar surface area (TPSA) is 185 Å². The minimum atomic E-state index is -1.09. The number of aliphatic hydroxyl groups is 2. The summed E-state index contributed by atoms with van der Waals surface area (Å²) in [6.45, 7) is 4.68. The zero-order valence-corrected chi connectivity index (χ0v) is 34.7. The van der Waals surface area contributed by atoms with Crippen molar-refractivity contribution in [3.8, 4) is 45.0 Å². The van der Waals surface area contributed by atoms with Crippen LogP contribution in [-0.2, 0) is 26.1 Å². The van der Waals surface area contributed by atoms with Crippen LogP contribution < -0.4 is 0 Å². The molecule has 0 bridgehead atoms. The van der Waals surface area contributed by atoms with Gasteiger partial charge in [0, 0.05) is 36.6 Å². The maximum Gasteiger partial charge on any atom is 0.205 e. The molecule has 14 nitrogen and oxygen atoms in total. The first-order valence-corrected chi connectivity index (χ1v) is 20.8. The van der Waals surface area contributed by atoms with Gasteiger partial charge in [0.2, 0.25) is 11.6 Å². The van der Waals surface area contributed by atoms with E-state index in [4.69, 9.17) is 33.2 Å². The Kier molecular flexibility index (Phi) is 12.5. The zero-order valence-electron chi connectivity index (χ0n) is 33.2. The van der Waals surface area contributed by atoms with Crippen LogP contribution in [0, 0.1) is 0 Å². The fourth-order valence-corrected chi connectivity index (χ4v) is 8.40. The molecular weight excluding hydrogens is 799 g/mol. The third-order valence-electron chi connectivity index (χ3n) is 10.8. The molecule has 8 rings (SSSR count). The van der Waals surface area contributed by atoms with Gasteiger partial charge in [-0.25, -0.2) is 9.97 Å². The van der Waals surface area contributed by atoms with Crippen LogP contribution in [0.25, 0.3) is 45.0 Å². The van der Waals surface area contributed by atoms with Gasteiger partial charge in [-0.1, -0.05) is 147 Å². The van der Waals surface area contributed by atoms with Gasteiger partial charge in [0.25, 0.3) is 0 Å². The summed E-state index contributed by atoms with van der Waals surface area (Å²) in [6.07, 6.45) is 2.81. The molecule has 16 heteroatoms. The molecule has 8 aromatic rings. The molecule has 60 heavy (non-hydrogen) atoms. The van der Waals surface area contributed by atoms with Gasteiger partial charge >= 0.3 is 0 Å². The van der Waals surface area contributed by atoms with Crippen molar-refractivity contribution in [2.24, 2.45) is 0 Å². The SMILES string of the molecule is CCCCc1nc(Cl)c([C@@H](O)[C@@H](CCC)c2nc(Cl)c(CO)n2Cc2ccc(-c3ccccc3-c3nn[nH]n3)cc2)n1Cc1ccc(-c2ccccc2-c2nn[nH]n2)cc1. The van der Waals surface area contributed by atoms with Crippen molar-refractivity contribution in [1.82, 2.24) is 60.4 Å². The van der Waals surface area contributed by atoms with E-state index in [1.54, 1.807) is 0 Å². The molecule has 0 aliphatic heterocycles. The third kappa shape index (κ3) is 8.36. The van der Waals surface area contributed by atoms with Crippen LogP contribution in [0.3, 0.4) is 0 Å². The van der Waals surface area contributed by atoms with Crippen molar-refractivity contribution in [3.05, 3.63) is 142 Å². The molecule has 0 saturated heterocycles. The third-order valence-corrected chi connectivity index (χ3v) is 11.4. The highest BCUT2D eigenvalue weighted by Crippen LogP contribution is 2.40. The number of aromatic amines is 2. The van der Waals surface area contributed by atoms with Crippen molar-refractivity contribution in [2.75, 3.05) is 0 Å². The number of nitrogens with zero attached hydrogens (tertiary/aromatic N) is 10. The zero-order chi connectivity index (χ0) is 41.6. The predicted molar refractivity (Wildman–Crippen MR) is 230 cm³/mol. The number of H-pyrrole nitrogens is 2. The first-order chi connectivity index (χ1) is 29.4. The number of benzene rings is 4. The molecule has 0 fully saturated rings. The lowest BCUT2D eigenvalue weighted by Gasteiger charge is -2.26. The summed E-state index contributed by atoms with van der Waals surface area (Å²) in [4.78, 5) is 9.64. The van der Waals surface area contributed by atoms with Crippen molar-refractivity contribution in [3.63, 3.8) is 0 Å². The number of hydrogen-bond acceptors (Lipinski definition) is 10. The Bertz CT molecular complexity index is 2640. The number of halogens is 2. The molecule has 0 unspecified atom stereocenters. The van der Waals surface area contributed by atoms with E-state index in [-0.39, 0.29) is 16.9 Å². The predicted octanol–water partition coefficient (Wildman–Crippen LogP) is 8.63. The molecular formula is C44H44Cl2N12O2. The molecule has 0 spiro atoms. The monoisotopic (exact) mass is 842 g/mol.